The van der Waals surface area contributed by atoms with E-state index in [1.165, 1.54) is 4.40 Å². The molecule has 2 aromatic heterocycles. The van der Waals surface area contributed by atoms with E-state index in [9.17, 15) is 9.90 Å². The van der Waals surface area contributed by atoms with Crippen molar-refractivity contribution < 1.29 is 19.2 Å². The third-order valence-electron chi connectivity index (χ3n) is 3.98. The summed E-state index contributed by atoms with van der Waals surface area (Å²) in [5.74, 6) is -0.263. The van der Waals surface area contributed by atoms with Crippen molar-refractivity contribution in [2.24, 2.45) is 5.16 Å². The average Bonchev–Trinajstić information content (AvgIpc) is 2.63. The molecule has 1 unspecified atom stereocenters. The first-order valence-electron chi connectivity index (χ1n) is 9.11. The van der Waals surface area contributed by atoms with Gasteiger partial charge in [0.1, 0.15) is 0 Å². The molecule has 146 valence electrons. The van der Waals surface area contributed by atoms with Gasteiger partial charge in [-0.1, -0.05) is 22.9 Å². The van der Waals surface area contributed by atoms with Crippen LogP contribution in [-0.2, 0) is 22.5 Å². The van der Waals surface area contributed by atoms with Crippen LogP contribution in [0.3, 0.4) is 0 Å². The summed E-state index contributed by atoms with van der Waals surface area (Å²) in [6.45, 7) is 8.46. The highest BCUT2D eigenvalue weighted by Gasteiger charge is 2.17. The third kappa shape index (κ3) is 5.40. The number of pyridine rings is 1. The van der Waals surface area contributed by atoms with Crippen LogP contribution in [0.25, 0.3) is 5.65 Å². The minimum absolute atomic E-state index is 0.262. The molecule has 0 fully saturated rings. The van der Waals surface area contributed by atoms with Crippen molar-refractivity contribution in [3.63, 3.8) is 0 Å². The molecule has 1 atom stereocenters. The molecule has 0 saturated carbocycles. The first-order chi connectivity index (χ1) is 13.0. The first kappa shape index (κ1) is 20.6. The molecule has 27 heavy (non-hydrogen) atoms. The van der Waals surface area contributed by atoms with Crippen molar-refractivity contribution in [1.29, 1.82) is 0 Å². The van der Waals surface area contributed by atoms with Crippen molar-refractivity contribution in [3.05, 3.63) is 52.0 Å². The molecule has 0 aliphatic rings. The standard InChI is InChI=1S/C20H27N3O4/c1-5-26-16(4)27-21-12-8-14-23-18-9-6-7-13-22(18)19(24)17(20(23)25)11-10-15(2)3/h6-7,9-10,12-13,16H,5,8,11,14H2,1-4H3/b21-12+. The van der Waals surface area contributed by atoms with Crippen molar-refractivity contribution >= 4 is 11.9 Å². The van der Waals surface area contributed by atoms with Crippen LogP contribution < -0.4 is 15.2 Å². The molecule has 7 nitrogen and oxygen atoms in total. The molecule has 0 aromatic carbocycles. The summed E-state index contributed by atoms with van der Waals surface area (Å²) in [4.78, 5) is 17.8. The highest BCUT2D eigenvalue weighted by atomic mass is 16.8. The van der Waals surface area contributed by atoms with E-state index in [1.807, 2.05) is 26.8 Å². The molecule has 0 aliphatic heterocycles. The molecule has 2 heterocycles. The van der Waals surface area contributed by atoms with E-state index < -0.39 is 6.29 Å². The molecule has 2 rings (SSSR count). The van der Waals surface area contributed by atoms with E-state index in [1.54, 1.807) is 42.1 Å². The van der Waals surface area contributed by atoms with Crippen LogP contribution in [0, 0.1) is 0 Å². The smallest absolute Gasteiger partial charge is 0.345 e. The van der Waals surface area contributed by atoms with Crippen LogP contribution in [0.1, 0.15) is 39.7 Å². The summed E-state index contributed by atoms with van der Waals surface area (Å²) >= 11 is 0. The molecule has 0 aliphatic carbocycles. The zero-order valence-electron chi connectivity index (χ0n) is 16.3. The summed E-state index contributed by atoms with van der Waals surface area (Å²) < 4.78 is 8.34. The molecular formula is C20H27N3O4. The van der Waals surface area contributed by atoms with E-state index in [0.717, 1.165) is 5.57 Å². The van der Waals surface area contributed by atoms with E-state index in [2.05, 4.69) is 5.16 Å². The second kappa shape index (κ2) is 9.87. The normalized spacial score (nSPS) is 12.4. The molecule has 0 amide bonds. The van der Waals surface area contributed by atoms with Gasteiger partial charge in [-0.2, -0.15) is 4.40 Å². The predicted octanol–water partition coefficient (Wildman–Crippen LogP) is 1.94. The molecule has 0 N–H and O–H groups in total. The Kier molecular flexibility index (Phi) is 7.55. The lowest BCUT2D eigenvalue weighted by Gasteiger charge is -2.15. The Bertz CT molecular complexity index is 883. The summed E-state index contributed by atoms with van der Waals surface area (Å²) in [7, 11) is 0. The number of aromatic nitrogens is 2. The fourth-order valence-corrected chi connectivity index (χ4v) is 2.66. The Morgan fingerprint density at radius 2 is 2.19 bits per heavy atom. The minimum atomic E-state index is -0.416. The molecular weight excluding hydrogens is 346 g/mol. The van der Waals surface area contributed by atoms with E-state index >= 15 is 0 Å². The predicted molar refractivity (Wildman–Crippen MR) is 102 cm³/mol. The van der Waals surface area contributed by atoms with Gasteiger partial charge in [0.05, 0.1) is 24.2 Å². The maximum atomic E-state index is 12.9. The van der Waals surface area contributed by atoms with Crippen LogP contribution in [-0.4, -0.2) is 23.5 Å². The van der Waals surface area contributed by atoms with E-state index in [-0.39, 0.29) is 17.0 Å². The van der Waals surface area contributed by atoms with Gasteiger partial charge in [-0.25, -0.2) is 9.36 Å². The Morgan fingerprint density at radius 1 is 1.41 bits per heavy atom. The van der Waals surface area contributed by atoms with Gasteiger partial charge in [-0.3, -0.25) is 0 Å². The number of aryl methyl sites for hydroxylation is 1. The second-order valence-electron chi connectivity index (χ2n) is 6.36. The summed E-state index contributed by atoms with van der Waals surface area (Å²) in [5.41, 5.74) is 1.61. The highest BCUT2D eigenvalue weighted by Crippen LogP contribution is 2.09. The Hall–Kier alpha value is -2.67. The van der Waals surface area contributed by atoms with Crippen LogP contribution in [0.5, 0.6) is 5.88 Å². The van der Waals surface area contributed by atoms with Gasteiger partial charge in [-0.15, -0.1) is 0 Å². The fourth-order valence-electron chi connectivity index (χ4n) is 2.66. The zero-order valence-corrected chi connectivity index (χ0v) is 16.3. The number of allylic oxidation sites excluding steroid dienone is 2. The second-order valence-corrected chi connectivity index (χ2v) is 6.36. The first-order valence-corrected chi connectivity index (χ1v) is 9.11. The number of fused-ring (bicyclic) bond motifs is 1. The van der Waals surface area contributed by atoms with Gasteiger partial charge >= 0.3 is 5.56 Å². The van der Waals surface area contributed by atoms with E-state index in [0.29, 0.717) is 31.6 Å². The summed E-state index contributed by atoms with van der Waals surface area (Å²) in [5, 5.41) is 16.8. The number of hydrogen-bond acceptors (Lipinski definition) is 5. The summed E-state index contributed by atoms with van der Waals surface area (Å²) in [6.07, 6.45) is 5.57. The SMILES string of the molecule is CCOC(C)O/N=C/CC[n+]1c([O-])c(CC=C(C)C)c(=O)n2ccccc21. The lowest BCUT2D eigenvalue weighted by molar-refractivity contribution is -0.715. The molecule has 0 saturated heterocycles. The number of ether oxygens (including phenoxy) is 1. The van der Waals surface area contributed by atoms with Crippen molar-refractivity contribution in [2.45, 2.75) is 53.4 Å². The van der Waals surface area contributed by atoms with Gasteiger partial charge in [0.2, 0.25) is 6.29 Å². The lowest BCUT2D eigenvalue weighted by atomic mass is 10.1. The number of rotatable bonds is 9. The highest BCUT2D eigenvalue weighted by molar-refractivity contribution is 5.55. The Balaban J connectivity index is 2.28. The van der Waals surface area contributed by atoms with Crippen molar-refractivity contribution in [1.82, 2.24) is 4.40 Å². The van der Waals surface area contributed by atoms with Gasteiger partial charge in [0.15, 0.2) is 0 Å². The van der Waals surface area contributed by atoms with Crippen LogP contribution in [0.2, 0.25) is 0 Å². The molecule has 7 heteroatoms. The Labute approximate surface area is 159 Å². The average molecular weight is 373 g/mol. The van der Waals surface area contributed by atoms with Crippen molar-refractivity contribution in [2.75, 3.05) is 6.61 Å². The van der Waals surface area contributed by atoms with Crippen molar-refractivity contribution in [3.8, 4) is 5.88 Å². The topological polar surface area (TPSA) is 79.2 Å². The maximum Gasteiger partial charge on any atom is 0.345 e. The van der Waals surface area contributed by atoms with Gasteiger partial charge in [0.25, 0.3) is 5.65 Å². The third-order valence-corrected chi connectivity index (χ3v) is 3.98. The summed E-state index contributed by atoms with van der Waals surface area (Å²) in [6, 6.07) is 5.35. The van der Waals surface area contributed by atoms with Crippen LogP contribution in [0.15, 0.2) is 46.0 Å². The van der Waals surface area contributed by atoms with Gasteiger partial charge in [0, 0.05) is 38.7 Å². The number of oxime groups is 1. The molecule has 0 radical (unpaired) electrons. The molecule has 0 spiro atoms. The lowest BCUT2D eigenvalue weighted by Crippen LogP contribution is -2.45. The molecule has 0 bridgehead atoms. The largest absolute Gasteiger partial charge is 0.842 e. The maximum absolute atomic E-state index is 12.9. The van der Waals surface area contributed by atoms with Crippen LogP contribution in [0.4, 0.5) is 0 Å². The van der Waals surface area contributed by atoms with Gasteiger partial charge in [-0.05, 0) is 26.8 Å². The van der Waals surface area contributed by atoms with Gasteiger partial charge < -0.3 is 14.7 Å². The number of nitrogens with zero attached hydrogens (tertiary/aromatic N) is 3. The fraction of sp³-hybridized carbons (Fsp3) is 0.450. The van der Waals surface area contributed by atoms with Crippen LogP contribution >= 0.6 is 0 Å². The minimum Gasteiger partial charge on any atom is -0.842 e. The quantitative estimate of drug-likeness (QED) is 0.221. The monoisotopic (exact) mass is 373 g/mol. The molecule has 2 aromatic rings. The number of hydrogen-bond donors (Lipinski definition) is 0. The van der Waals surface area contributed by atoms with E-state index in [4.69, 9.17) is 9.57 Å². The zero-order chi connectivity index (χ0) is 19.8. The Morgan fingerprint density at radius 3 is 2.89 bits per heavy atom.